The summed E-state index contributed by atoms with van der Waals surface area (Å²) in [7, 11) is 3.45. The van der Waals surface area contributed by atoms with Gasteiger partial charge in [0.1, 0.15) is 0 Å². The third-order valence-electron chi connectivity index (χ3n) is 6.20. The van der Waals surface area contributed by atoms with Crippen LogP contribution < -0.4 is 5.76 Å². The monoisotopic (exact) mass is 504 g/mol. The summed E-state index contributed by atoms with van der Waals surface area (Å²) in [5, 5.41) is 0. The number of aromatic nitrogens is 2. The highest BCUT2D eigenvalue weighted by molar-refractivity contribution is 5.73. The molecule has 0 saturated heterocycles. The first-order valence-electron chi connectivity index (χ1n) is 11.4. The molecule has 192 valence electrons. The van der Waals surface area contributed by atoms with Crippen molar-refractivity contribution in [2.24, 2.45) is 7.05 Å². The van der Waals surface area contributed by atoms with Crippen LogP contribution in [0, 0.1) is 0 Å². The summed E-state index contributed by atoms with van der Waals surface area (Å²) >= 11 is 0. The number of hydrogen-bond acceptors (Lipinski definition) is 6. The molecule has 0 saturated carbocycles. The Hall–Kier alpha value is -3.44. The van der Waals surface area contributed by atoms with Crippen LogP contribution in [0.1, 0.15) is 22.4 Å². The van der Waals surface area contributed by atoms with Gasteiger partial charge in [0.25, 0.3) is 0 Å². The molecule has 0 radical (unpaired) electrons. The molecule has 8 nitrogen and oxygen atoms in total. The Labute approximate surface area is 205 Å². The van der Waals surface area contributed by atoms with Gasteiger partial charge in [0.15, 0.2) is 5.58 Å². The molecule has 2 aliphatic rings. The van der Waals surface area contributed by atoms with Gasteiger partial charge in [-0.1, -0.05) is 12.1 Å². The quantitative estimate of drug-likeness (QED) is 0.392. The number of ether oxygens (including phenoxy) is 1. The number of hydrogen-bond donors (Lipinski definition) is 0. The van der Waals surface area contributed by atoms with E-state index in [-0.39, 0.29) is 12.3 Å². The van der Waals surface area contributed by atoms with Crippen molar-refractivity contribution in [2.75, 3.05) is 33.4 Å². The van der Waals surface area contributed by atoms with E-state index in [1.807, 2.05) is 18.2 Å². The zero-order chi connectivity index (χ0) is 25.9. The fourth-order valence-corrected chi connectivity index (χ4v) is 4.31. The van der Waals surface area contributed by atoms with Crippen molar-refractivity contribution in [3.8, 4) is 0 Å². The molecule has 1 aromatic carbocycles. The second-order valence-electron chi connectivity index (χ2n) is 8.85. The molecular weight excluding hydrogens is 477 g/mol. The lowest BCUT2D eigenvalue weighted by molar-refractivity contribution is -0.137. The third-order valence-corrected chi connectivity index (χ3v) is 6.20. The molecule has 1 amide bonds. The fourth-order valence-electron chi connectivity index (χ4n) is 4.31. The number of amides is 1. The van der Waals surface area contributed by atoms with Crippen LogP contribution in [0.3, 0.4) is 0 Å². The van der Waals surface area contributed by atoms with Crippen molar-refractivity contribution in [1.29, 1.82) is 0 Å². The lowest BCUT2D eigenvalue weighted by atomic mass is 10.0. The summed E-state index contributed by atoms with van der Waals surface area (Å²) in [5.74, 6) is -0.317. The van der Waals surface area contributed by atoms with E-state index >= 15 is 0 Å². The minimum atomic E-state index is -4.38. The summed E-state index contributed by atoms with van der Waals surface area (Å²) < 4.78 is 49.1. The minimum absolute atomic E-state index is 0.204. The lowest BCUT2D eigenvalue weighted by Gasteiger charge is -2.25. The van der Waals surface area contributed by atoms with Crippen LogP contribution in [0.4, 0.5) is 13.2 Å². The average molecular weight is 505 g/mol. The second-order valence-corrected chi connectivity index (χ2v) is 8.85. The van der Waals surface area contributed by atoms with E-state index in [0.717, 1.165) is 37.4 Å². The second kappa shape index (κ2) is 10.7. The predicted octanol–water partition coefficient (Wildman–Crippen LogP) is 3.13. The van der Waals surface area contributed by atoms with Gasteiger partial charge in [0, 0.05) is 65.2 Å². The maximum atomic E-state index is 12.4. The van der Waals surface area contributed by atoms with Gasteiger partial charge in [-0.25, -0.2) is 4.79 Å². The van der Waals surface area contributed by atoms with Gasteiger partial charge in [-0.15, -0.1) is 0 Å². The molecule has 0 spiro atoms. The number of halogens is 3. The molecule has 0 N–H and O–H groups in total. The largest absolute Gasteiger partial charge is 0.419 e. The summed E-state index contributed by atoms with van der Waals surface area (Å²) in [6.45, 7) is 4.16. The number of methoxy groups -OCH3 is 1. The molecule has 0 bridgehead atoms. The zero-order valence-corrected chi connectivity index (χ0v) is 20.0. The number of carbonyl (C=O) groups is 1. The molecular formula is C25H27F3N4O4. The summed E-state index contributed by atoms with van der Waals surface area (Å²) in [4.78, 5) is 29.6. The Balaban J connectivity index is 0.000000174. The van der Waals surface area contributed by atoms with E-state index in [1.165, 1.54) is 20.6 Å². The molecule has 5 rings (SSSR count). The molecule has 36 heavy (non-hydrogen) atoms. The van der Waals surface area contributed by atoms with Gasteiger partial charge in [-0.05, 0) is 34.9 Å². The average Bonchev–Trinajstić information content (AvgIpc) is 3.41. The maximum absolute atomic E-state index is 12.4. The van der Waals surface area contributed by atoms with Crippen molar-refractivity contribution >= 4 is 17.5 Å². The first kappa shape index (κ1) is 25.6. The number of carbonyl (C=O) groups excluding carboxylic acids is 1. The van der Waals surface area contributed by atoms with E-state index in [4.69, 9.17) is 9.15 Å². The minimum Gasteiger partial charge on any atom is -0.408 e. The number of rotatable bonds is 5. The van der Waals surface area contributed by atoms with Gasteiger partial charge >= 0.3 is 11.9 Å². The van der Waals surface area contributed by atoms with Gasteiger partial charge in [0.2, 0.25) is 6.41 Å². The smallest absolute Gasteiger partial charge is 0.408 e. The molecule has 3 aromatic rings. The molecule has 0 unspecified atom stereocenters. The SMILES string of the molecule is COCC1=CCN(Cc2ccc3oc(=O)n(C)c3c2)C1.O=CN1CCc2ncc(C(F)(F)F)cc2C1. The molecule has 11 heteroatoms. The van der Waals surface area contributed by atoms with Crippen molar-refractivity contribution in [2.45, 2.75) is 25.7 Å². The number of oxazole rings is 1. The summed E-state index contributed by atoms with van der Waals surface area (Å²) in [6.07, 6.45) is -0.175. The fraction of sp³-hybridized carbons (Fsp3) is 0.400. The van der Waals surface area contributed by atoms with Crippen LogP contribution in [0.15, 0.2) is 51.3 Å². The van der Waals surface area contributed by atoms with Crippen molar-refractivity contribution in [1.82, 2.24) is 19.4 Å². The van der Waals surface area contributed by atoms with Crippen LogP contribution in [-0.2, 0) is 42.3 Å². The van der Waals surface area contributed by atoms with E-state index in [2.05, 4.69) is 16.0 Å². The van der Waals surface area contributed by atoms with Crippen molar-refractivity contribution < 1.29 is 27.1 Å². The number of nitrogens with zero attached hydrogens (tertiary/aromatic N) is 4. The van der Waals surface area contributed by atoms with Gasteiger partial charge in [-0.2, -0.15) is 13.2 Å². The first-order chi connectivity index (χ1) is 17.2. The Bertz CT molecular complexity index is 1330. The molecule has 0 aliphatic carbocycles. The van der Waals surface area contributed by atoms with E-state index in [0.29, 0.717) is 42.8 Å². The predicted molar refractivity (Wildman–Crippen MR) is 126 cm³/mol. The van der Waals surface area contributed by atoms with E-state index < -0.39 is 11.7 Å². The highest BCUT2D eigenvalue weighted by Crippen LogP contribution is 2.30. The van der Waals surface area contributed by atoms with E-state index in [1.54, 1.807) is 14.2 Å². The summed E-state index contributed by atoms with van der Waals surface area (Å²) in [5.41, 5.74) is 4.35. The summed E-state index contributed by atoms with van der Waals surface area (Å²) in [6, 6.07) is 6.97. The Kier molecular flexibility index (Phi) is 7.60. The molecule has 2 aromatic heterocycles. The number of aryl methyl sites for hydroxylation is 1. The maximum Gasteiger partial charge on any atom is 0.419 e. The topological polar surface area (TPSA) is 80.8 Å². The Morgan fingerprint density at radius 2 is 2.03 bits per heavy atom. The number of alkyl halides is 3. The number of pyridine rings is 1. The highest BCUT2D eigenvalue weighted by Gasteiger charge is 2.32. The van der Waals surface area contributed by atoms with Gasteiger partial charge in [-0.3, -0.25) is 19.2 Å². The molecule has 2 aliphatic heterocycles. The van der Waals surface area contributed by atoms with Crippen molar-refractivity contribution in [3.63, 3.8) is 0 Å². The normalized spacial score (nSPS) is 15.9. The number of benzene rings is 1. The van der Waals surface area contributed by atoms with Crippen LogP contribution >= 0.6 is 0 Å². The van der Waals surface area contributed by atoms with Crippen LogP contribution in [0.2, 0.25) is 0 Å². The molecule has 0 fully saturated rings. The Morgan fingerprint density at radius 3 is 2.75 bits per heavy atom. The third kappa shape index (κ3) is 5.85. The van der Waals surface area contributed by atoms with Crippen LogP contribution in [0.25, 0.3) is 11.1 Å². The molecule has 0 atom stereocenters. The highest BCUT2D eigenvalue weighted by atomic mass is 19.4. The van der Waals surface area contributed by atoms with E-state index in [9.17, 15) is 22.8 Å². The van der Waals surface area contributed by atoms with Gasteiger partial charge < -0.3 is 14.1 Å². The standard InChI is InChI=1S/C15H18N2O3.C10H9F3N2O/c1-16-13-7-11(3-4-14(13)20-15(16)18)8-17-6-5-12(9-17)10-19-2;11-10(12,13)8-3-7-5-15(6-16)2-1-9(7)14-4-8/h3-5,7H,6,8-10H2,1-2H3;3-4,6H,1-2,5H2. The lowest BCUT2D eigenvalue weighted by Crippen LogP contribution is -2.30. The number of fused-ring (bicyclic) bond motifs is 2. The zero-order valence-electron chi connectivity index (χ0n) is 20.0. The first-order valence-corrected chi connectivity index (χ1v) is 11.4. The van der Waals surface area contributed by atoms with Crippen LogP contribution in [-0.4, -0.2) is 59.1 Å². The Morgan fingerprint density at radius 1 is 1.22 bits per heavy atom. The van der Waals surface area contributed by atoms with Crippen molar-refractivity contribution in [3.05, 3.63) is 75.0 Å². The van der Waals surface area contributed by atoms with Crippen LogP contribution in [0.5, 0.6) is 0 Å². The molecule has 4 heterocycles. The van der Waals surface area contributed by atoms with Gasteiger partial charge in [0.05, 0.1) is 17.7 Å².